The summed E-state index contributed by atoms with van der Waals surface area (Å²) < 4.78 is 1.93. The van der Waals surface area contributed by atoms with Crippen LogP contribution in [0.5, 0.6) is 0 Å². The largest absolute Gasteiger partial charge is 0.365 e. The molecule has 0 aliphatic carbocycles. The number of hydrogen-bond acceptors (Lipinski definition) is 5. The Morgan fingerprint density at radius 3 is 2.83 bits per heavy atom. The van der Waals surface area contributed by atoms with Crippen molar-refractivity contribution in [1.82, 2.24) is 19.7 Å². The Morgan fingerprint density at radius 2 is 2.00 bits per heavy atom. The molecular weight excluding hydrogens is 318 g/mol. The minimum absolute atomic E-state index is 0.721. The second-order valence-corrected chi connectivity index (χ2v) is 6.86. The summed E-state index contributed by atoms with van der Waals surface area (Å²) in [6.45, 7) is 3.58. The van der Waals surface area contributed by atoms with Crippen molar-refractivity contribution in [3.63, 3.8) is 0 Å². The summed E-state index contributed by atoms with van der Waals surface area (Å²) in [4.78, 5) is 11.0. The lowest BCUT2D eigenvalue weighted by molar-refractivity contribution is 0.682. The first-order chi connectivity index (χ1) is 11.8. The first-order valence-electron chi connectivity index (χ1n) is 7.79. The maximum absolute atomic E-state index is 4.41. The van der Waals surface area contributed by atoms with Gasteiger partial charge in [0.05, 0.1) is 11.9 Å². The zero-order valence-electron chi connectivity index (χ0n) is 13.3. The SMILES string of the molecule is Cc1cc2c(NCc3ccccc3Cn3cccn3)ncnc2s1. The zero-order chi connectivity index (χ0) is 16.4. The van der Waals surface area contributed by atoms with Crippen LogP contribution in [0.4, 0.5) is 5.82 Å². The number of anilines is 1. The van der Waals surface area contributed by atoms with Crippen molar-refractivity contribution in [2.45, 2.75) is 20.0 Å². The van der Waals surface area contributed by atoms with E-state index in [1.54, 1.807) is 23.9 Å². The second-order valence-electron chi connectivity index (χ2n) is 5.62. The van der Waals surface area contributed by atoms with Crippen LogP contribution in [-0.4, -0.2) is 19.7 Å². The monoisotopic (exact) mass is 335 g/mol. The van der Waals surface area contributed by atoms with Gasteiger partial charge in [-0.1, -0.05) is 24.3 Å². The summed E-state index contributed by atoms with van der Waals surface area (Å²) in [7, 11) is 0. The summed E-state index contributed by atoms with van der Waals surface area (Å²) in [6.07, 6.45) is 5.40. The van der Waals surface area contributed by atoms with E-state index in [9.17, 15) is 0 Å². The molecule has 0 spiro atoms. The van der Waals surface area contributed by atoms with Crippen LogP contribution in [0.2, 0.25) is 0 Å². The molecule has 5 nitrogen and oxygen atoms in total. The molecule has 4 aromatic rings. The Hall–Kier alpha value is -2.73. The topological polar surface area (TPSA) is 55.6 Å². The molecule has 3 aromatic heterocycles. The molecule has 1 N–H and O–H groups in total. The fourth-order valence-corrected chi connectivity index (χ4v) is 3.60. The van der Waals surface area contributed by atoms with Gasteiger partial charge in [0.25, 0.3) is 0 Å². The van der Waals surface area contributed by atoms with Crippen molar-refractivity contribution in [2.75, 3.05) is 5.32 Å². The summed E-state index contributed by atoms with van der Waals surface area (Å²) in [6, 6.07) is 12.5. The van der Waals surface area contributed by atoms with Gasteiger partial charge in [0.1, 0.15) is 17.0 Å². The van der Waals surface area contributed by atoms with Crippen LogP contribution in [0.15, 0.2) is 55.1 Å². The number of nitrogens with one attached hydrogen (secondary N) is 1. The minimum Gasteiger partial charge on any atom is -0.365 e. The number of thiophene rings is 1. The highest BCUT2D eigenvalue weighted by molar-refractivity contribution is 7.18. The van der Waals surface area contributed by atoms with Crippen molar-refractivity contribution in [1.29, 1.82) is 0 Å². The van der Waals surface area contributed by atoms with Crippen LogP contribution in [-0.2, 0) is 13.1 Å². The van der Waals surface area contributed by atoms with E-state index in [0.717, 1.165) is 29.1 Å². The fraction of sp³-hybridized carbons (Fsp3) is 0.167. The van der Waals surface area contributed by atoms with Gasteiger partial charge in [0.2, 0.25) is 0 Å². The first kappa shape index (κ1) is 14.8. The second kappa shape index (κ2) is 6.41. The van der Waals surface area contributed by atoms with Crippen molar-refractivity contribution in [3.05, 3.63) is 71.1 Å². The van der Waals surface area contributed by atoms with Crippen molar-refractivity contribution < 1.29 is 0 Å². The highest BCUT2D eigenvalue weighted by atomic mass is 32.1. The van der Waals surface area contributed by atoms with E-state index < -0.39 is 0 Å². The molecule has 0 fully saturated rings. The Labute approximate surface area is 144 Å². The number of nitrogens with zero attached hydrogens (tertiary/aromatic N) is 4. The molecule has 24 heavy (non-hydrogen) atoms. The molecule has 6 heteroatoms. The highest BCUT2D eigenvalue weighted by Gasteiger charge is 2.08. The quantitative estimate of drug-likeness (QED) is 0.602. The van der Waals surface area contributed by atoms with Crippen LogP contribution in [0, 0.1) is 6.92 Å². The third-order valence-corrected chi connectivity index (χ3v) is 4.87. The molecule has 0 aliphatic rings. The average molecular weight is 335 g/mol. The Balaban J connectivity index is 1.57. The number of aromatic nitrogens is 4. The van der Waals surface area contributed by atoms with Gasteiger partial charge in [-0.2, -0.15) is 5.10 Å². The van der Waals surface area contributed by atoms with Gasteiger partial charge in [-0.3, -0.25) is 4.68 Å². The lowest BCUT2D eigenvalue weighted by atomic mass is 10.1. The maximum atomic E-state index is 4.41. The molecule has 1 aromatic carbocycles. The molecule has 0 amide bonds. The van der Waals surface area contributed by atoms with Gasteiger partial charge in [-0.05, 0) is 30.2 Å². The third kappa shape index (κ3) is 3.00. The van der Waals surface area contributed by atoms with E-state index >= 15 is 0 Å². The predicted molar refractivity (Wildman–Crippen MR) is 97.2 cm³/mol. The van der Waals surface area contributed by atoms with E-state index in [0.29, 0.717) is 0 Å². The molecule has 0 saturated carbocycles. The summed E-state index contributed by atoms with van der Waals surface area (Å²) in [5, 5.41) is 8.84. The number of hydrogen-bond donors (Lipinski definition) is 1. The maximum Gasteiger partial charge on any atom is 0.138 e. The van der Waals surface area contributed by atoms with Crippen LogP contribution in [0.3, 0.4) is 0 Å². The summed E-state index contributed by atoms with van der Waals surface area (Å²) in [5.74, 6) is 0.887. The van der Waals surface area contributed by atoms with Gasteiger partial charge in [0.15, 0.2) is 0 Å². The van der Waals surface area contributed by atoms with Gasteiger partial charge in [0, 0.05) is 23.8 Å². The van der Waals surface area contributed by atoms with E-state index in [-0.39, 0.29) is 0 Å². The standard InChI is InChI=1S/C18H17N5S/c1-13-9-16-17(20-12-21-18(16)24-13)19-10-14-5-2-3-6-15(14)11-23-8-4-7-22-23/h2-9,12H,10-11H2,1H3,(H,19,20,21). The van der Waals surface area contributed by atoms with Crippen molar-refractivity contribution in [2.24, 2.45) is 0 Å². The predicted octanol–water partition coefficient (Wildman–Crippen LogP) is 3.86. The number of benzene rings is 1. The Kier molecular flexibility index (Phi) is 3.96. The highest BCUT2D eigenvalue weighted by Crippen LogP contribution is 2.27. The normalized spacial score (nSPS) is 11.0. The smallest absolute Gasteiger partial charge is 0.138 e. The van der Waals surface area contributed by atoms with Crippen LogP contribution < -0.4 is 5.32 Å². The summed E-state index contributed by atoms with van der Waals surface area (Å²) in [5.41, 5.74) is 2.49. The first-order valence-corrected chi connectivity index (χ1v) is 8.60. The molecule has 0 atom stereocenters. The number of rotatable bonds is 5. The third-order valence-electron chi connectivity index (χ3n) is 3.91. The average Bonchev–Trinajstić information content (AvgIpc) is 3.22. The Bertz CT molecular complexity index is 959. The Morgan fingerprint density at radius 1 is 1.12 bits per heavy atom. The van der Waals surface area contributed by atoms with Crippen molar-refractivity contribution in [3.8, 4) is 0 Å². The molecule has 0 aliphatic heterocycles. The molecule has 0 unspecified atom stereocenters. The van der Waals surface area contributed by atoms with Gasteiger partial charge in [-0.15, -0.1) is 11.3 Å². The van der Waals surface area contributed by atoms with Crippen LogP contribution in [0.25, 0.3) is 10.2 Å². The molecule has 0 bridgehead atoms. The van der Waals surface area contributed by atoms with E-state index in [2.05, 4.69) is 57.6 Å². The van der Waals surface area contributed by atoms with E-state index in [1.165, 1.54) is 16.0 Å². The zero-order valence-corrected chi connectivity index (χ0v) is 14.1. The molecular formula is C18H17N5S. The molecule has 3 heterocycles. The number of fused-ring (bicyclic) bond motifs is 1. The van der Waals surface area contributed by atoms with E-state index in [4.69, 9.17) is 0 Å². The van der Waals surface area contributed by atoms with E-state index in [1.807, 2.05) is 16.9 Å². The lowest BCUT2D eigenvalue weighted by Gasteiger charge is -2.11. The van der Waals surface area contributed by atoms with Gasteiger partial charge < -0.3 is 5.32 Å². The molecule has 0 radical (unpaired) electrons. The van der Waals surface area contributed by atoms with Crippen LogP contribution in [0.1, 0.15) is 16.0 Å². The van der Waals surface area contributed by atoms with Gasteiger partial charge >= 0.3 is 0 Å². The molecule has 120 valence electrons. The van der Waals surface area contributed by atoms with Crippen LogP contribution >= 0.6 is 11.3 Å². The summed E-state index contributed by atoms with van der Waals surface area (Å²) >= 11 is 1.69. The van der Waals surface area contributed by atoms with Gasteiger partial charge in [-0.25, -0.2) is 9.97 Å². The fourth-order valence-electron chi connectivity index (χ4n) is 2.75. The lowest BCUT2D eigenvalue weighted by Crippen LogP contribution is -2.08. The number of aryl methyl sites for hydroxylation is 1. The minimum atomic E-state index is 0.721. The molecule has 4 rings (SSSR count). The molecule has 0 saturated heterocycles. The van der Waals surface area contributed by atoms with Crippen molar-refractivity contribution >= 4 is 27.4 Å².